The van der Waals surface area contributed by atoms with Crippen molar-refractivity contribution in [3.8, 4) is 11.5 Å². The van der Waals surface area contributed by atoms with E-state index in [1.165, 1.54) is 5.56 Å². The predicted octanol–water partition coefficient (Wildman–Crippen LogP) is 3.21. The molecule has 7 heteroatoms. The van der Waals surface area contributed by atoms with E-state index in [1.807, 2.05) is 37.5 Å². The van der Waals surface area contributed by atoms with E-state index in [2.05, 4.69) is 51.5 Å². The van der Waals surface area contributed by atoms with Gasteiger partial charge in [-0.25, -0.2) is 4.98 Å². The van der Waals surface area contributed by atoms with Crippen LogP contribution in [0.4, 0.5) is 5.82 Å². The first-order valence-electron chi connectivity index (χ1n) is 10.8. The molecule has 1 aromatic heterocycles. The Morgan fingerprint density at radius 1 is 1.13 bits per heavy atom. The van der Waals surface area contributed by atoms with Gasteiger partial charge in [-0.15, -0.1) is 0 Å². The Morgan fingerprint density at radius 2 is 1.87 bits per heavy atom. The fourth-order valence-corrected chi connectivity index (χ4v) is 3.85. The number of anilines is 1. The molecule has 1 aromatic carbocycles. The summed E-state index contributed by atoms with van der Waals surface area (Å²) in [5.74, 6) is 3.38. The zero-order valence-electron chi connectivity index (χ0n) is 19.3. The van der Waals surface area contributed by atoms with E-state index < -0.39 is 0 Å². The van der Waals surface area contributed by atoms with Crippen LogP contribution in [0, 0.1) is 0 Å². The van der Waals surface area contributed by atoms with Crippen molar-refractivity contribution in [2.24, 2.45) is 4.99 Å². The van der Waals surface area contributed by atoms with Gasteiger partial charge in [-0.1, -0.05) is 26.0 Å². The average molecular weight is 426 g/mol. The molecule has 2 aromatic rings. The first-order valence-corrected chi connectivity index (χ1v) is 10.8. The molecule has 0 spiro atoms. The molecule has 0 saturated carbocycles. The van der Waals surface area contributed by atoms with Crippen molar-refractivity contribution in [2.45, 2.75) is 38.1 Å². The van der Waals surface area contributed by atoms with Gasteiger partial charge in [0.25, 0.3) is 0 Å². The first-order chi connectivity index (χ1) is 15.0. The van der Waals surface area contributed by atoms with Gasteiger partial charge in [0.05, 0.1) is 14.2 Å². The van der Waals surface area contributed by atoms with Gasteiger partial charge < -0.3 is 25.0 Å². The number of guanidine groups is 1. The van der Waals surface area contributed by atoms with Crippen molar-refractivity contribution >= 4 is 11.8 Å². The molecule has 2 N–H and O–H groups in total. The lowest BCUT2D eigenvalue weighted by Crippen LogP contribution is -2.50. The SMILES string of the molecule is CN=C(NCC(C)(C)c1ccc(OC)c(OC)c1)NC1CCN(c2ccccn2)CC1. The minimum absolute atomic E-state index is 0.112. The van der Waals surface area contributed by atoms with Gasteiger partial charge in [0, 0.05) is 44.3 Å². The van der Waals surface area contributed by atoms with Crippen LogP contribution in [0.1, 0.15) is 32.3 Å². The second kappa shape index (κ2) is 10.4. The second-order valence-corrected chi connectivity index (χ2v) is 8.47. The van der Waals surface area contributed by atoms with Crippen LogP contribution in [0.3, 0.4) is 0 Å². The van der Waals surface area contributed by atoms with Gasteiger partial charge in [-0.3, -0.25) is 4.99 Å². The highest BCUT2D eigenvalue weighted by Gasteiger charge is 2.24. The molecule has 7 nitrogen and oxygen atoms in total. The Bertz CT molecular complexity index is 862. The number of pyridine rings is 1. The third-order valence-corrected chi connectivity index (χ3v) is 5.90. The van der Waals surface area contributed by atoms with Crippen LogP contribution in [0.15, 0.2) is 47.6 Å². The maximum absolute atomic E-state index is 5.47. The number of rotatable bonds is 7. The summed E-state index contributed by atoms with van der Waals surface area (Å²) in [6.07, 6.45) is 3.96. The maximum Gasteiger partial charge on any atom is 0.191 e. The Morgan fingerprint density at radius 3 is 2.48 bits per heavy atom. The number of ether oxygens (including phenoxy) is 2. The molecule has 0 radical (unpaired) electrons. The lowest BCUT2D eigenvalue weighted by atomic mass is 9.84. The van der Waals surface area contributed by atoms with Crippen molar-refractivity contribution in [1.29, 1.82) is 0 Å². The van der Waals surface area contributed by atoms with E-state index >= 15 is 0 Å². The number of hydrogen-bond donors (Lipinski definition) is 2. The normalized spacial score (nSPS) is 15.5. The van der Waals surface area contributed by atoms with E-state index in [0.29, 0.717) is 6.04 Å². The highest BCUT2D eigenvalue weighted by Crippen LogP contribution is 2.32. The van der Waals surface area contributed by atoms with Gasteiger partial charge in [-0.05, 0) is 42.7 Å². The van der Waals surface area contributed by atoms with Crippen LogP contribution in [0.5, 0.6) is 11.5 Å². The number of aliphatic imine (C=N–C) groups is 1. The number of aromatic nitrogens is 1. The van der Waals surface area contributed by atoms with Gasteiger partial charge in [-0.2, -0.15) is 0 Å². The Labute approximate surface area is 185 Å². The van der Waals surface area contributed by atoms with E-state index in [-0.39, 0.29) is 5.41 Å². The van der Waals surface area contributed by atoms with E-state index in [9.17, 15) is 0 Å². The lowest BCUT2D eigenvalue weighted by Gasteiger charge is -2.34. The van der Waals surface area contributed by atoms with E-state index in [1.54, 1.807) is 14.2 Å². The molecule has 2 heterocycles. The van der Waals surface area contributed by atoms with Crippen LogP contribution < -0.4 is 25.0 Å². The number of benzene rings is 1. The molecule has 0 amide bonds. The summed E-state index contributed by atoms with van der Waals surface area (Å²) in [6.45, 7) is 7.14. The highest BCUT2D eigenvalue weighted by atomic mass is 16.5. The van der Waals surface area contributed by atoms with Crippen LogP contribution in [0.25, 0.3) is 0 Å². The Balaban J connectivity index is 1.53. The second-order valence-electron chi connectivity index (χ2n) is 8.47. The van der Waals surface area contributed by atoms with Gasteiger partial charge in [0.2, 0.25) is 0 Å². The zero-order chi connectivity index (χ0) is 22.3. The van der Waals surface area contributed by atoms with E-state index in [0.717, 1.165) is 55.8 Å². The molecule has 1 aliphatic rings. The molecule has 0 unspecified atom stereocenters. The molecular weight excluding hydrogens is 390 g/mol. The lowest BCUT2D eigenvalue weighted by molar-refractivity contribution is 0.353. The van der Waals surface area contributed by atoms with Crippen molar-refractivity contribution in [3.05, 3.63) is 48.2 Å². The fraction of sp³-hybridized carbons (Fsp3) is 0.500. The molecule has 1 fully saturated rings. The fourth-order valence-electron chi connectivity index (χ4n) is 3.85. The first kappa shape index (κ1) is 22.7. The smallest absolute Gasteiger partial charge is 0.191 e. The van der Waals surface area contributed by atoms with Crippen molar-refractivity contribution in [1.82, 2.24) is 15.6 Å². The van der Waals surface area contributed by atoms with Gasteiger partial charge >= 0.3 is 0 Å². The van der Waals surface area contributed by atoms with Crippen LogP contribution in [-0.2, 0) is 5.41 Å². The summed E-state index contributed by atoms with van der Waals surface area (Å²) in [5, 5.41) is 7.09. The van der Waals surface area contributed by atoms with Gasteiger partial charge in [0.1, 0.15) is 5.82 Å². The minimum atomic E-state index is -0.112. The number of piperidine rings is 1. The topological polar surface area (TPSA) is 71.0 Å². The summed E-state index contributed by atoms with van der Waals surface area (Å²) in [5.41, 5.74) is 1.07. The minimum Gasteiger partial charge on any atom is -0.493 e. The number of nitrogens with zero attached hydrogens (tertiary/aromatic N) is 3. The van der Waals surface area contributed by atoms with Crippen LogP contribution >= 0.6 is 0 Å². The van der Waals surface area contributed by atoms with Crippen molar-refractivity contribution < 1.29 is 9.47 Å². The number of hydrogen-bond acceptors (Lipinski definition) is 5. The molecule has 1 aliphatic heterocycles. The van der Waals surface area contributed by atoms with Crippen molar-refractivity contribution in [2.75, 3.05) is 45.8 Å². The Hall–Kier alpha value is -2.96. The average Bonchev–Trinajstić information content (AvgIpc) is 2.82. The standard InChI is InChI=1S/C24H35N5O2/c1-24(2,18-9-10-20(30-4)21(16-18)31-5)17-27-23(25-3)28-19-11-14-29(15-12-19)22-8-6-7-13-26-22/h6-10,13,16,19H,11-12,14-15,17H2,1-5H3,(H2,25,27,28). The molecule has 0 atom stereocenters. The highest BCUT2D eigenvalue weighted by molar-refractivity contribution is 5.80. The molecular formula is C24H35N5O2. The number of nitrogens with one attached hydrogen (secondary N) is 2. The maximum atomic E-state index is 5.47. The summed E-state index contributed by atoms with van der Waals surface area (Å²) in [4.78, 5) is 11.2. The molecule has 3 rings (SSSR count). The largest absolute Gasteiger partial charge is 0.493 e. The summed E-state index contributed by atoms with van der Waals surface area (Å²) < 4.78 is 10.8. The third kappa shape index (κ3) is 5.81. The predicted molar refractivity (Wildman–Crippen MR) is 127 cm³/mol. The molecule has 168 valence electrons. The molecule has 1 saturated heterocycles. The third-order valence-electron chi connectivity index (χ3n) is 5.90. The Kier molecular flexibility index (Phi) is 7.60. The van der Waals surface area contributed by atoms with Crippen molar-refractivity contribution in [3.63, 3.8) is 0 Å². The molecule has 31 heavy (non-hydrogen) atoms. The summed E-state index contributed by atoms with van der Waals surface area (Å²) in [6, 6.07) is 12.6. The summed E-state index contributed by atoms with van der Waals surface area (Å²) >= 11 is 0. The quantitative estimate of drug-likeness (QED) is 0.524. The zero-order valence-corrected chi connectivity index (χ0v) is 19.3. The van der Waals surface area contributed by atoms with Crippen LogP contribution in [-0.4, -0.2) is 57.9 Å². The molecule has 0 aliphatic carbocycles. The van der Waals surface area contributed by atoms with Crippen LogP contribution in [0.2, 0.25) is 0 Å². The monoisotopic (exact) mass is 425 g/mol. The summed E-state index contributed by atoms with van der Waals surface area (Å²) in [7, 11) is 5.14. The van der Waals surface area contributed by atoms with Gasteiger partial charge in [0.15, 0.2) is 17.5 Å². The molecule has 0 bridgehead atoms. The van der Waals surface area contributed by atoms with E-state index in [4.69, 9.17) is 9.47 Å². The number of methoxy groups -OCH3 is 2.